The Kier molecular flexibility index (Phi) is 5.36. The molecule has 5 heteroatoms. The van der Waals surface area contributed by atoms with Crippen LogP contribution in [0.5, 0.6) is 0 Å². The smallest absolute Gasteiger partial charge is 0.230 e. The molecular formula is C23H31N3OS. The molecule has 5 fully saturated rings. The maximum absolute atomic E-state index is 12.8. The molecule has 1 aliphatic heterocycles. The van der Waals surface area contributed by atoms with Crippen LogP contribution in [0.15, 0.2) is 35.3 Å². The molecule has 0 spiro atoms. The first-order chi connectivity index (χ1) is 13.7. The standard InChI is InChI=1S/C23H31N3OS/c27-21(25-22-18-11-16-10-17(13-18)14-19(22)12-16)15-28-23(26-8-4-5-9-26)24-20-6-2-1-3-7-20/h1-3,6-7,16-19,22H,4-5,8-15H2,(H,25,27). The number of amidine groups is 1. The van der Waals surface area contributed by atoms with Crippen LogP contribution in [0, 0.1) is 23.7 Å². The number of nitrogens with zero attached hydrogens (tertiary/aromatic N) is 2. The Labute approximate surface area is 172 Å². The van der Waals surface area contributed by atoms with E-state index in [1.54, 1.807) is 11.8 Å². The van der Waals surface area contributed by atoms with Gasteiger partial charge in [-0.15, -0.1) is 0 Å². The molecule has 1 N–H and O–H groups in total. The predicted octanol–water partition coefficient (Wildman–Crippen LogP) is 4.44. The summed E-state index contributed by atoms with van der Waals surface area (Å²) in [5.41, 5.74) is 0.971. The fourth-order valence-corrected chi connectivity index (χ4v) is 7.11. The molecule has 0 aromatic heterocycles. The van der Waals surface area contributed by atoms with Crippen LogP contribution in [0.3, 0.4) is 0 Å². The molecule has 1 aromatic rings. The molecule has 150 valence electrons. The molecule has 4 bridgehead atoms. The van der Waals surface area contributed by atoms with Gasteiger partial charge >= 0.3 is 0 Å². The number of hydrogen-bond acceptors (Lipinski definition) is 3. The number of aliphatic imine (C=N–C) groups is 1. The fourth-order valence-electron chi connectivity index (χ4n) is 6.23. The molecule has 0 atom stereocenters. The predicted molar refractivity (Wildman–Crippen MR) is 116 cm³/mol. The summed E-state index contributed by atoms with van der Waals surface area (Å²) in [6.45, 7) is 2.10. The second-order valence-corrected chi connectivity index (χ2v) is 10.2. The van der Waals surface area contributed by atoms with E-state index in [4.69, 9.17) is 4.99 Å². The number of benzene rings is 1. The van der Waals surface area contributed by atoms with Gasteiger partial charge in [-0.05, 0) is 80.8 Å². The number of rotatable bonds is 4. The van der Waals surface area contributed by atoms with Gasteiger partial charge in [-0.3, -0.25) is 4.79 Å². The molecular weight excluding hydrogens is 366 g/mol. The third-order valence-corrected chi connectivity index (χ3v) is 8.26. The molecule has 5 aliphatic rings. The number of carbonyl (C=O) groups is 1. The zero-order chi connectivity index (χ0) is 18.9. The highest BCUT2D eigenvalue weighted by Crippen LogP contribution is 2.53. The zero-order valence-corrected chi connectivity index (χ0v) is 17.4. The van der Waals surface area contributed by atoms with Crippen molar-refractivity contribution >= 4 is 28.5 Å². The molecule has 6 rings (SSSR count). The van der Waals surface area contributed by atoms with E-state index < -0.39 is 0 Å². The van der Waals surface area contributed by atoms with Gasteiger partial charge in [0.25, 0.3) is 0 Å². The Morgan fingerprint density at radius 2 is 1.64 bits per heavy atom. The fraction of sp³-hybridized carbons (Fsp3) is 0.652. The number of thioether (sulfide) groups is 1. The first-order valence-electron chi connectivity index (χ1n) is 11.1. The number of likely N-dealkylation sites (tertiary alicyclic amines) is 1. The summed E-state index contributed by atoms with van der Waals surface area (Å²) in [7, 11) is 0. The lowest BCUT2D eigenvalue weighted by Crippen LogP contribution is -2.56. The molecule has 4 aliphatic carbocycles. The van der Waals surface area contributed by atoms with Crippen molar-refractivity contribution in [1.82, 2.24) is 10.2 Å². The summed E-state index contributed by atoms with van der Waals surface area (Å²) in [5.74, 6) is 4.05. The third-order valence-electron chi connectivity index (χ3n) is 7.24. The third kappa shape index (κ3) is 3.96. The van der Waals surface area contributed by atoms with Crippen molar-refractivity contribution in [3.63, 3.8) is 0 Å². The zero-order valence-electron chi connectivity index (χ0n) is 16.6. The number of carbonyl (C=O) groups excluding carboxylic acids is 1. The van der Waals surface area contributed by atoms with Crippen LogP contribution >= 0.6 is 11.8 Å². The molecule has 0 radical (unpaired) electrons. The van der Waals surface area contributed by atoms with Crippen molar-refractivity contribution < 1.29 is 4.79 Å². The van der Waals surface area contributed by atoms with Crippen LogP contribution in [0.2, 0.25) is 0 Å². The monoisotopic (exact) mass is 397 g/mol. The number of para-hydroxylation sites is 1. The van der Waals surface area contributed by atoms with Crippen molar-refractivity contribution in [1.29, 1.82) is 0 Å². The number of amides is 1. The first kappa shape index (κ1) is 18.5. The van der Waals surface area contributed by atoms with E-state index in [1.165, 1.54) is 44.9 Å². The summed E-state index contributed by atoms with van der Waals surface area (Å²) < 4.78 is 0. The van der Waals surface area contributed by atoms with Crippen molar-refractivity contribution in [3.05, 3.63) is 30.3 Å². The lowest BCUT2D eigenvalue weighted by atomic mass is 9.54. The molecule has 1 heterocycles. The van der Waals surface area contributed by atoms with Gasteiger partial charge in [-0.1, -0.05) is 30.0 Å². The van der Waals surface area contributed by atoms with Gasteiger partial charge < -0.3 is 10.2 Å². The Hall–Kier alpha value is -1.49. The molecule has 1 amide bonds. The minimum atomic E-state index is 0.197. The van der Waals surface area contributed by atoms with Crippen LogP contribution in [0.25, 0.3) is 0 Å². The quantitative estimate of drug-likeness (QED) is 0.603. The van der Waals surface area contributed by atoms with Gasteiger partial charge in [0.1, 0.15) is 0 Å². The molecule has 4 saturated carbocycles. The van der Waals surface area contributed by atoms with Gasteiger partial charge in [-0.2, -0.15) is 0 Å². The summed E-state index contributed by atoms with van der Waals surface area (Å²) >= 11 is 1.61. The van der Waals surface area contributed by atoms with E-state index >= 15 is 0 Å². The van der Waals surface area contributed by atoms with Gasteiger partial charge in [-0.25, -0.2) is 4.99 Å². The van der Waals surface area contributed by atoms with E-state index in [1.807, 2.05) is 30.3 Å². The van der Waals surface area contributed by atoms with Gasteiger partial charge in [0.15, 0.2) is 5.17 Å². The minimum Gasteiger partial charge on any atom is -0.352 e. The molecule has 28 heavy (non-hydrogen) atoms. The normalized spacial score (nSPS) is 34.1. The summed E-state index contributed by atoms with van der Waals surface area (Å²) in [5, 5.41) is 4.44. The first-order valence-corrected chi connectivity index (χ1v) is 12.0. The van der Waals surface area contributed by atoms with E-state index in [0.29, 0.717) is 11.8 Å². The molecule has 1 aromatic carbocycles. The lowest BCUT2D eigenvalue weighted by molar-refractivity contribution is -0.122. The van der Waals surface area contributed by atoms with Crippen LogP contribution in [0.1, 0.15) is 44.9 Å². The lowest BCUT2D eigenvalue weighted by Gasteiger charge is -2.54. The minimum absolute atomic E-state index is 0.197. The van der Waals surface area contributed by atoms with Crippen molar-refractivity contribution in [2.45, 2.75) is 51.0 Å². The van der Waals surface area contributed by atoms with Crippen LogP contribution in [0.4, 0.5) is 5.69 Å². The van der Waals surface area contributed by atoms with Crippen molar-refractivity contribution in [2.24, 2.45) is 28.7 Å². The van der Waals surface area contributed by atoms with Crippen LogP contribution in [-0.2, 0) is 4.79 Å². The largest absolute Gasteiger partial charge is 0.352 e. The second kappa shape index (κ2) is 8.10. The maximum atomic E-state index is 12.8. The topological polar surface area (TPSA) is 44.7 Å². The summed E-state index contributed by atoms with van der Waals surface area (Å²) in [6.07, 6.45) is 9.28. The molecule has 1 saturated heterocycles. The van der Waals surface area contributed by atoms with E-state index in [-0.39, 0.29) is 5.91 Å². The molecule has 0 unspecified atom stereocenters. The highest BCUT2D eigenvalue weighted by molar-refractivity contribution is 8.14. The van der Waals surface area contributed by atoms with E-state index in [0.717, 1.165) is 47.6 Å². The highest BCUT2D eigenvalue weighted by atomic mass is 32.2. The number of hydrogen-bond donors (Lipinski definition) is 1. The molecule has 4 nitrogen and oxygen atoms in total. The summed E-state index contributed by atoms with van der Waals surface area (Å²) in [4.78, 5) is 20.0. The van der Waals surface area contributed by atoms with Crippen molar-refractivity contribution in [2.75, 3.05) is 18.8 Å². The maximum Gasteiger partial charge on any atom is 0.230 e. The Morgan fingerprint density at radius 1 is 1.00 bits per heavy atom. The number of nitrogens with one attached hydrogen (secondary N) is 1. The Bertz CT molecular complexity index is 701. The van der Waals surface area contributed by atoms with Gasteiger partial charge in [0.2, 0.25) is 5.91 Å². The Morgan fingerprint density at radius 3 is 2.29 bits per heavy atom. The van der Waals surface area contributed by atoms with Gasteiger partial charge in [0.05, 0.1) is 11.4 Å². The van der Waals surface area contributed by atoms with Crippen LogP contribution in [-0.4, -0.2) is 40.9 Å². The SMILES string of the molecule is O=C(CSC(=Nc1ccccc1)N1CCCC1)NC1C2CC3CC(C2)CC1C3. The average Bonchev–Trinajstić information content (AvgIpc) is 3.23. The van der Waals surface area contributed by atoms with Gasteiger partial charge in [0, 0.05) is 19.1 Å². The average molecular weight is 398 g/mol. The van der Waals surface area contributed by atoms with Crippen LogP contribution < -0.4 is 5.32 Å². The Balaban J connectivity index is 1.21. The summed E-state index contributed by atoms with van der Waals surface area (Å²) in [6, 6.07) is 10.5. The second-order valence-electron chi connectivity index (χ2n) is 9.24. The van der Waals surface area contributed by atoms with Crippen molar-refractivity contribution in [3.8, 4) is 0 Å². The van der Waals surface area contributed by atoms with E-state index in [2.05, 4.69) is 10.2 Å². The van der Waals surface area contributed by atoms with E-state index in [9.17, 15) is 4.79 Å². The highest BCUT2D eigenvalue weighted by Gasteiger charge is 2.48.